The van der Waals surface area contributed by atoms with Crippen LogP contribution in [0.1, 0.15) is 5.56 Å². The van der Waals surface area contributed by atoms with Crippen LogP contribution in [0, 0.1) is 0 Å². The van der Waals surface area contributed by atoms with Crippen LogP contribution in [0.3, 0.4) is 0 Å². The average molecular weight is 644 g/mol. The zero-order valence-electron chi connectivity index (χ0n) is 18.3. The summed E-state index contributed by atoms with van der Waals surface area (Å²) in [6, 6.07) is 1.78. The summed E-state index contributed by atoms with van der Waals surface area (Å²) >= 11 is 0. The van der Waals surface area contributed by atoms with Gasteiger partial charge in [0.25, 0.3) is 11.3 Å². The summed E-state index contributed by atoms with van der Waals surface area (Å²) in [5, 5.41) is 0. The van der Waals surface area contributed by atoms with Crippen molar-refractivity contribution in [3.05, 3.63) is 53.1 Å². The molecule has 232 valence electrons. The Bertz CT molecular complexity index is 1300. The van der Waals surface area contributed by atoms with Gasteiger partial charge in [0.05, 0.1) is 5.57 Å². The lowest BCUT2D eigenvalue weighted by molar-refractivity contribution is -0.446. The summed E-state index contributed by atoms with van der Waals surface area (Å²) in [5.74, 6) is -67.2. The molecule has 0 amide bonds. The van der Waals surface area contributed by atoms with Crippen molar-refractivity contribution < 1.29 is 92.2 Å². The Balaban J connectivity index is 2.70. The van der Waals surface area contributed by atoms with Crippen molar-refractivity contribution in [2.24, 2.45) is 0 Å². The van der Waals surface area contributed by atoms with Crippen molar-refractivity contribution in [1.29, 1.82) is 0 Å². The third-order valence-electron chi connectivity index (χ3n) is 6.35. The molecule has 1 aromatic carbocycles. The van der Waals surface area contributed by atoms with Crippen LogP contribution in [0.25, 0.3) is 5.57 Å². The largest absolute Gasteiger partial charge is 0.460 e. The maximum Gasteiger partial charge on any atom is 0.460 e. The summed E-state index contributed by atoms with van der Waals surface area (Å²) in [7, 11) is 0. The minimum absolute atomic E-state index is 0.0461. The predicted octanol–water partition coefficient (Wildman–Crippen LogP) is 9.04. The quantitative estimate of drug-likeness (QED) is 0.287. The van der Waals surface area contributed by atoms with Gasteiger partial charge >= 0.3 is 47.6 Å². The summed E-state index contributed by atoms with van der Waals surface area (Å²) in [4.78, 5) is 0. The highest BCUT2D eigenvalue weighted by molar-refractivity contribution is 5.86. The number of halogens is 21. The molecule has 3 rings (SSSR count). The van der Waals surface area contributed by atoms with Crippen LogP contribution in [0.5, 0.6) is 0 Å². The first-order valence-electron chi connectivity index (χ1n) is 9.88. The Morgan fingerprint density at radius 1 is 0.537 bits per heavy atom. The normalized spacial score (nSPS) is 29.9. The van der Waals surface area contributed by atoms with Crippen molar-refractivity contribution in [1.82, 2.24) is 0 Å². The topological polar surface area (TPSA) is 0 Å². The molecule has 0 aliphatic heterocycles. The third-order valence-corrected chi connectivity index (χ3v) is 6.35. The fourth-order valence-electron chi connectivity index (χ4n) is 4.20. The van der Waals surface area contributed by atoms with E-state index in [2.05, 4.69) is 0 Å². The number of alkyl halides is 19. The lowest BCUT2D eigenvalue weighted by Crippen LogP contribution is -2.85. The molecule has 2 unspecified atom stereocenters. The standard InChI is InChI=1S/C20H5F21/c21-8-7(6-4-2-1-3-5-6)9-11(23,14(27,28)17(33,34)16(31,32)13(9,25)26)12(24,10(8)22)15(29,30)18(35,36)19(37,38)20(39,40)41/h1-5H. The number of benzene rings is 1. The van der Waals surface area contributed by atoms with E-state index in [0.717, 1.165) is 6.07 Å². The second kappa shape index (κ2) is 8.19. The number of hydrogen-bond donors (Lipinski definition) is 0. The lowest BCUT2D eigenvalue weighted by atomic mass is 9.57. The number of allylic oxidation sites excluding steroid dienone is 4. The highest BCUT2D eigenvalue weighted by Gasteiger charge is 3.02. The highest BCUT2D eigenvalue weighted by Crippen LogP contribution is 2.76. The highest BCUT2D eigenvalue weighted by atomic mass is 19.4. The molecule has 0 spiro atoms. The first kappa shape index (κ1) is 32.7. The summed E-state index contributed by atoms with van der Waals surface area (Å²) in [6.07, 6.45) is -8.02. The van der Waals surface area contributed by atoms with Crippen LogP contribution in [0.4, 0.5) is 92.2 Å². The van der Waals surface area contributed by atoms with E-state index in [1.807, 2.05) is 0 Å². The van der Waals surface area contributed by atoms with Crippen molar-refractivity contribution in [2.45, 2.75) is 59.0 Å². The fourth-order valence-corrected chi connectivity index (χ4v) is 4.20. The Labute approximate surface area is 211 Å². The smallest absolute Gasteiger partial charge is 0.227 e. The van der Waals surface area contributed by atoms with Gasteiger partial charge in [0.2, 0.25) is 0 Å². The van der Waals surface area contributed by atoms with Crippen molar-refractivity contribution in [2.75, 3.05) is 0 Å². The van der Waals surface area contributed by atoms with Gasteiger partial charge in [-0.25, -0.2) is 17.6 Å². The third kappa shape index (κ3) is 3.20. The van der Waals surface area contributed by atoms with Gasteiger partial charge in [-0.3, -0.25) is 0 Å². The van der Waals surface area contributed by atoms with Gasteiger partial charge in [0.15, 0.2) is 11.7 Å². The number of fused-ring (bicyclic) bond motifs is 1. The maximum absolute atomic E-state index is 16.0. The van der Waals surface area contributed by atoms with E-state index in [4.69, 9.17) is 0 Å². The zero-order valence-corrected chi connectivity index (χ0v) is 18.3. The Morgan fingerprint density at radius 3 is 1.39 bits per heavy atom. The molecular formula is C20H5F21. The molecule has 2 aliphatic rings. The summed E-state index contributed by atoms with van der Waals surface area (Å²) < 4.78 is 298. The van der Waals surface area contributed by atoms with E-state index in [1.165, 1.54) is 0 Å². The molecule has 2 aliphatic carbocycles. The second-order valence-corrected chi connectivity index (χ2v) is 8.58. The van der Waals surface area contributed by atoms with Crippen LogP contribution in [0.15, 0.2) is 47.6 Å². The maximum atomic E-state index is 16.0. The second-order valence-electron chi connectivity index (χ2n) is 8.58. The summed E-state index contributed by atoms with van der Waals surface area (Å²) in [6.45, 7) is 0. The number of rotatable bonds is 4. The molecule has 0 N–H and O–H groups in total. The molecule has 0 heterocycles. The summed E-state index contributed by atoms with van der Waals surface area (Å²) in [5.41, 5.74) is -26.2. The minimum Gasteiger partial charge on any atom is -0.227 e. The van der Waals surface area contributed by atoms with Crippen LogP contribution in [-0.2, 0) is 0 Å². The van der Waals surface area contributed by atoms with Crippen LogP contribution in [0.2, 0.25) is 0 Å². The van der Waals surface area contributed by atoms with E-state index in [-0.39, 0.29) is 12.1 Å². The molecule has 0 nitrogen and oxygen atoms in total. The van der Waals surface area contributed by atoms with E-state index in [0.29, 0.717) is 12.1 Å². The predicted molar refractivity (Wildman–Crippen MR) is 91.0 cm³/mol. The number of hydrogen-bond acceptors (Lipinski definition) is 0. The molecule has 2 atom stereocenters. The Hall–Kier alpha value is -2.77. The van der Waals surface area contributed by atoms with Crippen LogP contribution >= 0.6 is 0 Å². The Morgan fingerprint density at radius 2 is 0.976 bits per heavy atom. The van der Waals surface area contributed by atoms with Gasteiger partial charge in [-0.2, -0.15) is 74.6 Å². The van der Waals surface area contributed by atoms with E-state index in [9.17, 15) is 83.4 Å². The van der Waals surface area contributed by atoms with Crippen LogP contribution < -0.4 is 0 Å². The molecule has 1 saturated carbocycles. The monoisotopic (exact) mass is 644 g/mol. The SMILES string of the molecule is FC1=C(F)C(F)(C(F)(F)C(F)(F)C(F)(F)C(F)(F)F)C2(F)C(=C1c1ccccc1)C(F)(F)C(F)(F)C(F)(F)C2(F)F. The van der Waals surface area contributed by atoms with Gasteiger partial charge in [-0.05, 0) is 5.56 Å². The molecule has 0 bridgehead atoms. The molecule has 0 radical (unpaired) electrons. The van der Waals surface area contributed by atoms with E-state index in [1.54, 1.807) is 0 Å². The fraction of sp³-hybridized carbons (Fsp3) is 0.500. The lowest BCUT2D eigenvalue weighted by Gasteiger charge is -2.57. The van der Waals surface area contributed by atoms with Gasteiger partial charge in [-0.1, -0.05) is 30.3 Å². The first-order chi connectivity index (χ1) is 17.9. The van der Waals surface area contributed by atoms with Crippen molar-refractivity contribution in [3.8, 4) is 0 Å². The van der Waals surface area contributed by atoms with Crippen molar-refractivity contribution in [3.63, 3.8) is 0 Å². The molecule has 0 saturated heterocycles. The van der Waals surface area contributed by atoms with Gasteiger partial charge < -0.3 is 0 Å². The molecule has 1 fully saturated rings. The van der Waals surface area contributed by atoms with Gasteiger partial charge in [0.1, 0.15) is 0 Å². The van der Waals surface area contributed by atoms with Crippen LogP contribution in [-0.4, -0.2) is 59.0 Å². The van der Waals surface area contributed by atoms with E-state index < -0.39 is 87.3 Å². The van der Waals surface area contributed by atoms with Gasteiger partial charge in [-0.15, -0.1) is 0 Å². The minimum atomic E-state index is -8.90. The zero-order chi connectivity index (χ0) is 32.4. The van der Waals surface area contributed by atoms with Crippen molar-refractivity contribution >= 4 is 5.57 Å². The molecule has 41 heavy (non-hydrogen) atoms. The first-order valence-corrected chi connectivity index (χ1v) is 9.88. The molecular weight excluding hydrogens is 639 g/mol. The molecule has 0 aromatic heterocycles. The van der Waals surface area contributed by atoms with Gasteiger partial charge in [0, 0.05) is 5.57 Å². The molecule has 21 heteroatoms. The average Bonchev–Trinajstić information content (AvgIpc) is 2.82. The Kier molecular flexibility index (Phi) is 6.54. The van der Waals surface area contributed by atoms with E-state index >= 15 is 8.78 Å². The molecule has 1 aromatic rings.